The fourth-order valence-electron chi connectivity index (χ4n) is 1.47. The van der Waals surface area contributed by atoms with Gasteiger partial charge in [-0.3, -0.25) is 9.59 Å². The van der Waals surface area contributed by atoms with Crippen LogP contribution in [0.25, 0.3) is 0 Å². The Balaban J connectivity index is 3.23. The van der Waals surface area contributed by atoms with Crippen LogP contribution in [0.4, 0.5) is 0 Å². The number of hydrogen-bond donors (Lipinski definition) is 0. The second kappa shape index (κ2) is 5.39. The van der Waals surface area contributed by atoms with E-state index in [0.717, 1.165) is 10.9 Å². The topological polar surface area (TPSA) is 34.1 Å². The Morgan fingerprint density at radius 3 is 2.44 bits per heavy atom. The summed E-state index contributed by atoms with van der Waals surface area (Å²) in [6, 6.07) is 5.22. The summed E-state index contributed by atoms with van der Waals surface area (Å²) in [5, 5.41) is 0. The third kappa shape index (κ3) is 2.79. The zero-order valence-corrected chi connectivity index (χ0v) is 11.3. The summed E-state index contributed by atoms with van der Waals surface area (Å²) in [6.45, 7) is 5.33. The van der Waals surface area contributed by atoms with Crippen LogP contribution in [-0.2, 0) is 0 Å². The minimum atomic E-state index is -0.0760. The molecule has 3 heteroatoms. The summed E-state index contributed by atoms with van der Waals surface area (Å²) in [5.41, 5.74) is 1.03. The smallest absolute Gasteiger partial charge is 0.166 e. The highest BCUT2D eigenvalue weighted by Gasteiger charge is 2.18. The molecule has 1 aromatic rings. The molecular weight excluding hydrogens is 268 g/mol. The number of ketones is 2. The molecule has 0 aliphatic rings. The normalized spacial score (nSPS) is 12.2. The summed E-state index contributed by atoms with van der Waals surface area (Å²) < 4.78 is 0.818. The first-order valence-electron chi connectivity index (χ1n) is 5.32. The zero-order valence-electron chi connectivity index (χ0n) is 9.71. The van der Waals surface area contributed by atoms with Crippen molar-refractivity contribution in [1.29, 1.82) is 0 Å². The van der Waals surface area contributed by atoms with Gasteiger partial charge in [-0.15, -0.1) is 0 Å². The standard InChI is InChI=1S/C13H15BrO2/c1-4-8(2)13(16)11-6-5-10(14)7-12(11)9(3)15/h5-8H,4H2,1-3H3. The van der Waals surface area contributed by atoms with Crippen LogP contribution in [0.3, 0.4) is 0 Å². The Morgan fingerprint density at radius 2 is 1.94 bits per heavy atom. The van der Waals surface area contributed by atoms with Gasteiger partial charge < -0.3 is 0 Å². The molecular formula is C13H15BrO2. The molecule has 0 aromatic heterocycles. The van der Waals surface area contributed by atoms with E-state index in [9.17, 15) is 9.59 Å². The lowest BCUT2D eigenvalue weighted by atomic mass is 9.92. The number of rotatable bonds is 4. The van der Waals surface area contributed by atoms with Crippen LogP contribution < -0.4 is 0 Å². The highest BCUT2D eigenvalue weighted by Crippen LogP contribution is 2.21. The van der Waals surface area contributed by atoms with Crippen molar-refractivity contribution in [3.8, 4) is 0 Å². The van der Waals surface area contributed by atoms with Crippen molar-refractivity contribution in [3.63, 3.8) is 0 Å². The Hall–Kier alpha value is -0.960. The first kappa shape index (κ1) is 13.1. The van der Waals surface area contributed by atoms with Gasteiger partial charge in [0.25, 0.3) is 0 Å². The molecule has 0 aliphatic carbocycles. The Labute approximate surface area is 104 Å². The van der Waals surface area contributed by atoms with Gasteiger partial charge in [-0.25, -0.2) is 0 Å². The quantitative estimate of drug-likeness (QED) is 0.786. The first-order chi connectivity index (χ1) is 7.47. The van der Waals surface area contributed by atoms with E-state index in [1.165, 1.54) is 6.92 Å². The van der Waals surface area contributed by atoms with Crippen LogP contribution >= 0.6 is 15.9 Å². The van der Waals surface area contributed by atoms with E-state index in [0.29, 0.717) is 11.1 Å². The molecule has 2 nitrogen and oxygen atoms in total. The molecule has 1 atom stereocenters. The molecule has 0 spiro atoms. The van der Waals surface area contributed by atoms with Gasteiger partial charge in [0.15, 0.2) is 11.6 Å². The van der Waals surface area contributed by atoms with E-state index in [2.05, 4.69) is 15.9 Å². The number of benzene rings is 1. The van der Waals surface area contributed by atoms with Crippen molar-refractivity contribution in [1.82, 2.24) is 0 Å². The largest absolute Gasteiger partial charge is 0.294 e. The number of Topliss-reactive ketones (excluding diaryl/α,β-unsaturated/α-hetero) is 2. The lowest BCUT2D eigenvalue weighted by Gasteiger charge is -2.11. The molecule has 0 saturated carbocycles. The van der Waals surface area contributed by atoms with Crippen LogP contribution in [0.2, 0.25) is 0 Å². The predicted octanol–water partition coefficient (Wildman–Crippen LogP) is 3.88. The minimum Gasteiger partial charge on any atom is -0.294 e. The molecule has 1 aromatic carbocycles. The van der Waals surface area contributed by atoms with Crippen molar-refractivity contribution < 1.29 is 9.59 Å². The lowest BCUT2D eigenvalue weighted by Crippen LogP contribution is -2.14. The molecule has 0 amide bonds. The summed E-state index contributed by atoms with van der Waals surface area (Å²) in [5.74, 6) is -0.0765. The SMILES string of the molecule is CCC(C)C(=O)c1ccc(Br)cc1C(C)=O. The van der Waals surface area contributed by atoms with E-state index in [4.69, 9.17) is 0 Å². The molecule has 0 radical (unpaired) electrons. The van der Waals surface area contributed by atoms with Gasteiger partial charge in [-0.2, -0.15) is 0 Å². The van der Waals surface area contributed by atoms with Gasteiger partial charge in [0.05, 0.1) is 0 Å². The van der Waals surface area contributed by atoms with E-state index >= 15 is 0 Å². The van der Waals surface area contributed by atoms with Crippen LogP contribution in [-0.4, -0.2) is 11.6 Å². The molecule has 1 rings (SSSR count). The van der Waals surface area contributed by atoms with Crippen molar-refractivity contribution in [2.75, 3.05) is 0 Å². The molecule has 0 heterocycles. The number of halogens is 1. The third-order valence-electron chi connectivity index (χ3n) is 2.69. The van der Waals surface area contributed by atoms with E-state index in [-0.39, 0.29) is 17.5 Å². The fourth-order valence-corrected chi connectivity index (χ4v) is 1.83. The maximum Gasteiger partial charge on any atom is 0.166 e. The van der Waals surface area contributed by atoms with E-state index in [1.54, 1.807) is 18.2 Å². The zero-order chi connectivity index (χ0) is 12.3. The molecule has 0 fully saturated rings. The Kier molecular flexibility index (Phi) is 4.42. The molecule has 0 bridgehead atoms. The predicted molar refractivity (Wildman–Crippen MR) is 67.9 cm³/mol. The Morgan fingerprint density at radius 1 is 1.31 bits per heavy atom. The average molecular weight is 283 g/mol. The maximum atomic E-state index is 12.0. The fraction of sp³-hybridized carbons (Fsp3) is 0.385. The lowest BCUT2D eigenvalue weighted by molar-refractivity contribution is 0.0916. The number of carbonyl (C=O) groups excluding carboxylic acids is 2. The summed E-state index contributed by atoms with van der Waals surface area (Å²) in [6.07, 6.45) is 0.784. The van der Waals surface area contributed by atoms with Gasteiger partial charge in [0.2, 0.25) is 0 Å². The second-order valence-electron chi connectivity index (χ2n) is 3.92. The van der Waals surface area contributed by atoms with Crippen LogP contribution in [0.15, 0.2) is 22.7 Å². The highest BCUT2D eigenvalue weighted by atomic mass is 79.9. The van der Waals surface area contributed by atoms with Crippen LogP contribution in [0, 0.1) is 5.92 Å². The van der Waals surface area contributed by atoms with Crippen molar-refractivity contribution in [2.45, 2.75) is 27.2 Å². The van der Waals surface area contributed by atoms with Crippen LogP contribution in [0.5, 0.6) is 0 Å². The van der Waals surface area contributed by atoms with Crippen molar-refractivity contribution in [2.24, 2.45) is 5.92 Å². The van der Waals surface area contributed by atoms with Gasteiger partial charge in [0.1, 0.15) is 0 Å². The first-order valence-corrected chi connectivity index (χ1v) is 6.11. The van der Waals surface area contributed by atoms with E-state index < -0.39 is 0 Å². The van der Waals surface area contributed by atoms with Crippen LogP contribution in [0.1, 0.15) is 47.9 Å². The summed E-state index contributed by atoms with van der Waals surface area (Å²) in [4.78, 5) is 23.5. The van der Waals surface area contributed by atoms with Gasteiger partial charge in [-0.05, 0) is 31.5 Å². The molecule has 0 saturated heterocycles. The van der Waals surface area contributed by atoms with Gasteiger partial charge in [-0.1, -0.05) is 29.8 Å². The molecule has 86 valence electrons. The Bertz CT molecular complexity index is 424. The van der Waals surface area contributed by atoms with Gasteiger partial charge >= 0.3 is 0 Å². The molecule has 16 heavy (non-hydrogen) atoms. The second-order valence-corrected chi connectivity index (χ2v) is 4.84. The highest BCUT2D eigenvalue weighted by molar-refractivity contribution is 9.10. The third-order valence-corrected chi connectivity index (χ3v) is 3.18. The van der Waals surface area contributed by atoms with Gasteiger partial charge in [0, 0.05) is 21.5 Å². The molecule has 1 unspecified atom stereocenters. The number of hydrogen-bond acceptors (Lipinski definition) is 2. The average Bonchev–Trinajstić information content (AvgIpc) is 2.26. The number of carbonyl (C=O) groups is 2. The van der Waals surface area contributed by atoms with Crippen molar-refractivity contribution in [3.05, 3.63) is 33.8 Å². The minimum absolute atomic E-state index is 0.0419. The summed E-state index contributed by atoms with van der Waals surface area (Å²) in [7, 11) is 0. The van der Waals surface area contributed by atoms with Crippen molar-refractivity contribution >= 4 is 27.5 Å². The maximum absolute atomic E-state index is 12.0. The monoisotopic (exact) mass is 282 g/mol. The van der Waals surface area contributed by atoms with E-state index in [1.807, 2.05) is 13.8 Å². The molecule has 0 N–H and O–H groups in total. The molecule has 0 aliphatic heterocycles. The summed E-state index contributed by atoms with van der Waals surface area (Å²) >= 11 is 3.30.